The van der Waals surface area contributed by atoms with Crippen molar-refractivity contribution in [1.82, 2.24) is 10.3 Å². The number of nitrogens with zero attached hydrogens (tertiary/aromatic N) is 1. The highest BCUT2D eigenvalue weighted by atomic mass is 32.2. The Kier molecular flexibility index (Phi) is 8.58. The molecule has 7 nitrogen and oxygen atoms in total. The zero-order valence-electron chi connectivity index (χ0n) is 21.7. The summed E-state index contributed by atoms with van der Waals surface area (Å²) in [4.78, 5) is 43.1. The molecule has 1 saturated carbocycles. The van der Waals surface area contributed by atoms with Crippen LogP contribution in [0.4, 0.5) is 11.4 Å². The second-order valence-corrected chi connectivity index (χ2v) is 11.9. The third kappa shape index (κ3) is 7.04. The minimum atomic E-state index is -0.337. The summed E-state index contributed by atoms with van der Waals surface area (Å²) in [5, 5.41) is 8.94. The summed E-state index contributed by atoms with van der Waals surface area (Å²) in [5.74, 6) is -0.393. The summed E-state index contributed by atoms with van der Waals surface area (Å²) in [7, 11) is 0. The molecule has 1 aromatic heterocycles. The highest BCUT2D eigenvalue weighted by Gasteiger charge is 2.21. The lowest BCUT2D eigenvalue weighted by Crippen LogP contribution is -2.37. The minimum absolute atomic E-state index is 0.0935. The van der Waals surface area contributed by atoms with E-state index in [0.717, 1.165) is 51.5 Å². The predicted molar refractivity (Wildman–Crippen MR) is 159 cm³/mol. The third-order valence-electron chi connectivity index (χ3n) is 6.61. The molecule has 5 rings (SSSR count). The number of aryl methyl sites for hydroxylation is 1. The average Bonchev–Trinajstić information content (AvgIpc) is 3.35. The van der Waals surface area contributed by atoms with Crippen LogP contribution in [0.25, 0.3) is 10.2 Å². The number of thiazole rings is 1. The summed E-state index contributed by atoms with van der Waals surface area (Å²) in [6.45, 7) is 1.98. The van der Waals surface area contributed by atoms with Crippen LogP contribution < -0.4 is 16.0 Å². The number of fused-ring (bicyclic) bond motifs is 1. The molecule has 39 heavy (non-hydrogen) atoms. The van der Waals surface area contributed by atoms with E-state index in [-0.39, 0.29) is 29.5 Å². The van der Waals surface area contributed by atoms with Gasteiger partial charge in [0.05, 0.1) is 27.1 Å². The SMILES string of the molecule is Cc1cccc(NC(=O)CSc2nc3ccc(NC(=O)c4ccccc4C(=O)NC4CCCCC4)cc3s2)c1. The maximum absolute atomic E-state index is 13.2. The van der Waals surface area contributed by atoms with Crippen LogP contribution in [0.15, 0.2) is 71.1 Å². The van der Waals surface area contributed by atoms with E-state index < -0.39 is 0 Å². The molecule has 1 aliphatic rings. The minimum Gasteiger partial charge on any atom is -0.349 e. The molecule has 1 aliphatic carbocycles. The molecule has 3 aromatic carbocycles. The fourth-order valence-electron chi connectivity index (χ4n) is 4.68. The lowest BCUT2D eigenvalue weighted by molar-refractivity contribution is -0.113. The Hall–Kier alpha value is -3.69. The van der Waals surface area contributed by atoms with Gasteiger partial charge in [0.15, 0.2) is 4.34 Å². The van der Waals surface area contributed by atoms with Crippen molar-refractivity contribution in [1.29, 1.82) is 0 Å². The number of thioether (sulfide) groups is 1. The highest BCUT2D eigenvalue weighted by Crippen LogP contribution is 2.31. The van der Waals surface area contributed by atoms with Gasteiger partial charge in [-0.05, 0) is 67.8 Å². The van der Waals surface area contributed by atoms with E-state index >= 15 is 0 Å². The summed E-state index contributed by atoms with van der Waals surface area (Å²) >= 11 is 2.85. The fourth-order valence-corrected chi connectivity index (χ4v) is 6.59. The van der Waals surface area contributed by atoms with Crippen LogP contribution in [0.1, 0.15) is 58.4 Å². The zero-order chi connectivity index (χ0) is 27.2. The normalized spacial score (nSPS) is 13.7. The van der Waals surface area contributed by atoms with E-state index in [4.69, 9.17) is 0 Å². The maximum Gasteiger partial charge on any atom is 0.256 e. The second-order valence-electron chi connectivity index (χ2n) is 9.68. The first-order valence-corrected chi connectivity index (χ1v) is 14.9. The van der Waals surface area contributed by atoms with Gasteiger partial charge in [-0.25, -0.2) is 4.98 Å². The molecule has 3 N–H and O–H groups in total. The molecule has 0 spiro atoms. The van der Waals surface area contributed by atoms with Crippen LogP contribution >= 0.6 is 23.1 Å². The number of hydrogen-bond donors (Lipinski definition) is 3. The van der Waals surface area contributed by atoms with Gasteiger partial charge in [-0.2, -0.15) is 0 Å². The van der Waals surface area contributed by atoms with Gasteiger partial charge < -0.3 is 16.0 Å². The standard InChI is InChI=1S/C30H30N4O3S2/c1-19-8-7-11-21(16-19)31-27(35)18-38-30-34-25-15-14-22(17-26(25)39-30)33-29(37)24-13-6-5-12-23(24)28(36)32-20-9-3-2-4-10-20/h5-8,11-17,20H,2-4,9-10,18H2,1H3,(H,31,35)(H,32,36)(H,33,37). The summed E-state index contributed by atoms with van der Waals surface area (Å²) in [6.07, 6.45) is 5.40. The Morgan fingerprint density at radius 3 is 2.38 bits per heavy atom. The smallest absolute Gasteiger partial charge is 0.256 e. The van der Waals surface area contributed by atoms with Crippen molar-refractivity contribution in [3.05, 3.63) is 83.4 Å². The van der Waals surface area contributed by atoms with E-state index in [2.05, 4.69) is 20.9 Å². The molecule has 0 bridgehead atoms. The van der Waals surface area contributed by atoms with E-state index in [0.29, 0.717) is 16.8 Å². The number of anilines is 2. The van der Waals surface area contributed by atoms with Gasteiger partial charge in [0.2, 0.25) is 5.91 Å². The van der Waals surface area contributed by atoms with Gasteiger partial charge in [-0.3, -0.25) is 14.4 Å². The maximum atomic E-state index is 13.2. The van der Waals surface area contributed by atoms with E-state index in [1.54, 1.807) is 30.3 Å². The second kappa shape index (κ2) is 12.4. The Labute approximate surface area is 235 Å². The fraction of sp³-hybridized carbons (Fsp3) is 0.267. The monoisotopic (exact) mass is 558 g/mol. The molecule has 1 fully saturated rings. The molecule has 3 amide bonds. The zero-order valence-corrected chi connectivity index (χ0v) is 23.3. The summed E-state index contributed by atoms with van der Waals surface area (Å²) in [6, 6.07) is 20.3. The molecule has 0 saturated heterocycles. The van der Waals surface area contributed by atoms with Gasteiger partial charge >= 0.3 is 0 Å². The number of aromatic nitrogens is 1. The summed E-state index contributed by atoms with van der Waals surface area (Å²) in [5.41, 5.74) is 3.99. The third-order valence-corrected chi connectivity index (χ3v) is 8.77. The number of hydrogen-bond acceptors (Lipinski definition) is 6. The Morgan fingerprint density at radius 1 is 0.872 bits per heavy atom. The van der Waals surface area contributed by atoms with Crippen LogP contribution in [0, 0.1) is 6.92 Å². The van der Waals surface area contributed by atoms with Crippen LogP contribution in [0.2, 0.25) is 0 Å². The number of carbonyl (C=O) groups excluding carboxylic acids is 3. The number of rotatable bonds is 8. The molecular weight excluding hydrogens is 528 g/mol. The van der Waals surface area contributed by atoms with Crippen molar-refractivity contribution in [2.45, 2.75) is 49.4 Å². The van der Waals surface area contributed by atoms with E-state index in [9.17, 15) is 14.4 Å². The van der Waals surface area contributed by atoms with Crippen LogP contribution in [0.5, 0.6) is 0 Å². The van der Waals surface area contributed by atoms with Crippen molar-refractivity contribution in [2.75, 3.05) is 16.4 Å². The number of amides is 3. The van der Waals surface area contributed by atoms with Crippen molar-refractivity contribution >= 4 is 62.4 Å². The first-order chi connectivity index (χ1) is 18.9. The first kappa shape index (κ1) is 26.9. The molecule has 9 heteroatoms. The van der Waals surface area contributed by atoms with Gasteiger partial charge in [0.1, 0.15) is 0 Å². The largest absolute Gasteiger partial charge is 0.349 e. The molecule has 0 radical (unpaired) electrons. The summed E-state index contributed by atoms with van der Waals surface area (Å²) < 4.78 is 1.68. The predicted octanol–water partition coefficient (Wildman–Crippen LogP) is 6.65. The van der Waals surface area contributed by atoms with Gasteiger partial charge in [0, 0.05) is 17.4 Å². The molecule has 0 unspecified atom stereocenters. The van der Waals surface area contributed by atoms with E-state index in [1.165, 1.54) is 29.5 Å². The quantitative estimate of drug-likeness (QED) is 0.210. The number of carbonyl (C=O) groups is 3. The highest BCUT2D eigenvalue weighted by molar-refractivity contribution is 8.01. The Morgan fingerprint density at radius 2 is 1.62 bits per heavy atom. The molecule has 1 heterocycles. The molecule has 4 aromatic rings. The number of benzene rings is 3. The van der Waals surface area contributed by atoms with E-state index in [1.807, 2.05) is 43.3 Å². The lowest BCUT2D eigenvalue weighted by atomic mass is 9.95. The van der Waals surface area contributed by atoms with Crippen LogP contribution in [-0.4, -0.2) is 34.5 Å². The Bertz CT molecular complexity index is 1510. The van der Waals surface area contributed by atoms with Crippen molar-refractivity contribution in [3.8, 4) is 0 Å². The van der Waals surface area contributed by atoms with Gasteiger partial charge in [0.25, 0.3) is 11.8 Å². The van der Waals surface area contributed by atoms with Crippen LogP contribution in [0.3, 0.4) is 0 Å². The van der Waals surface area contributed by atoms with Crippen LogP contribution in [-0.2, 0) is 4.79 Å². The average molecular weight is 559 g/mol. The molecular formula is C30H30N4O3S2. The van der Waals surface area contributed by atoms with Crippen molar-refractivity contribution in [3.63, 3.8) is 0 Å². The van der Waals surface area contributed by atoms with Crippen molar-refractivity contribution < 1.29 is 14.4 Å². The van der Waals surface area contributed by atoms with Gasteiger partial charge in [-0.1, -0.05) is 55.3 Å². The molecule has 200 valence electrons. The molecule has 0 aliphatic heterocycles. The van der Waals surface area contributed by atoms with Gasteiger partial charge in [-0.15, -0.1) is 11.3 Å². The number of nitrogens with one attached hydrogen (secondary N) is 3. The Balaban J connectivity index is 1.22. The first-order valence-electron chi connectivity index (χ1n) is 13.1. The van der Waals surface area contributed by atoms with Crippen molar-refractivity contribution in [2.24, 2.45) is 0 Å². The molecule has 0 atom stereocenters. The topological polar surface area (TPSA) is 100 Å². The lowest BCUT2D eigenvalue weighted by Gasteiger charge is -2.23.